The summed E-state index contributed by atoms with van der Waals surface area (Å²) >= 11 is 0. The standard InChI is InChI=1S/C20H18FN3O3/c21-15-4-1-3-14(10-15)19-16(12-23-24-19)20(25)22-11-13-5-6-17-18(9-13)27-8-2-7-26-17/h1,3-6,9-10,12H,2,7-8,11H2,(H,22,25)(H,23,24). The number of rotatable bonds is 4. The molecule has 0 aliphatic carbocycles. The highest BCUT2D eigenvalue weighted by molar-refractivity contribution is 5.99. The van der Waals surface area contributed by atoms with Crippen molar-refractivity contribution < 1.29 is 18.7 Å². The lowest BCUT2D eigenvalue weighted by atomic mass is 10.1. The summed E-state index contributed by atoms with van der Waals surface area (Å²) < 4.78 is 24.7. The first kappa shape index (κ1) is 17.1. The molecule has 0 unspecified atom stereocenters. The maximum absolute atomic E-state index is 13.5. The zero-order chi connectivity index (χ0) is 18.6. The highest BCUT2D eigenvalue weighted by Gasteiger charge is 2.16. The largest absolute Gasteiger partial charge is 0.490 e. The van der Waals surface area contributed by atoms with Crippen LogP contribution in [0.25, 0.3) is 11.3 Å². The summed E-state index contributed by atoms with van der Waals surface area (Å²) in [6.45, 7) is 1.56. The normalized spacial score (nSPS) is 13.1. The molecular weight excluding hydrogens is 349 g/mol. The molecule has 7 heteroatoms. The highest BCUT2D eigenvalue weighted by Crippen LogP contribution is 2.30. The van der Waals surface area contributed by atoms with E-state index in [1.54, 1.807) is 12.1 Å². The van der Waals surface area contributed by atoms with Crippen molar-refractivity contribution in [3.8, 4) is 22.8 Å². The van der Waals surface area contributed by atoms with Crippen LogP contribution in [0.2, 0.25) is 0 Å². The molecule has 0 atom stereocenters. The van der Waals surface area contributed by atoms with Gasteiger partial charge in [0.05, 0.1) is 30.7 Å². The first-order valence-electron chi connectivity index (χ1n) is 8.67. The summed E-state index contributed by atoms with van der Waals surface area (Å²) in [5.41, 5.74) is 2.29. The second kappa shape index (κ2) is 7.49. The maximum atomic E-state index is 13.5. The molecule has 1 amide bonds. The molecule has 138 valence electrons. The Morgan fingerprint density at radius 2 is 2.00 bits per heavy atom. The van der Waals surface area contributed by atoms with Gasteiger partial charge in [-0.2, -0.15) is 5.10 Å². The van der Waals surface area contributed by atoms with Gasteiger partial charge in [-0.1, -0.05) is 18.2 Å². The fraction of sp³-hybridized carbons (Fsp3) is 0.200. The molecule has 3 aromatic rings. The van der Waals surface area contributed by atoms with Crippen LogP contribution in [-0.4, -0.2) is 29.3 Å². The van der Waals surface area contributed by atoms with Crippen molar-refractivity contribution in [2.45, 2.75) is 13.0 Å². The van der Waals surface area contributed by atoms with Crippen molar-refractivity contribution >= 4 is 5.91 Å². The molecule has 0 bridgehead atoms. The number of hydrogen-bond donors (Lipinski definition) is 2. The summed E-state index contributed by atoms with van der Waals surface area (Å²) in [5.74, 6) is 0.726. The summed E-state index contributed by atoms with van der Waals surface area (Å²) in [7, 11) is 0. The highest BCUT2D eigenvalue weighted by atomic mass is 19.1. The number of nitrogens with one attached hydrogen (secondary N) is 2. The van der Waals surface area contributed by atoms with Crippen LogP contribution in [0.4, 0.5) is 4.39 Å². The minimum Gasteiger partial charge on any atom is -0.490 e. The quantitative estimate of drug-likeness (QED) is 0.742. The molecule has 0 radical (unpaired) electrons. The van der Waals surface area contributed by atoms with Crippen LogP contribution < -0.4 is 14.8 Å². The van der Waals surface area contributed by atoms with Crippen molar-refractivity contribution in [2.24, 2.45) is 0 Å². The Hall–Kier alpha value is -3.35. The topological polar surface area (TPSA) is 76.2 Å². The average Bonchev–Trinajstić information content (AvgIpc) is 3.05. The van der Waals surface area contributed by atoms with E-state index < -0.39 is 0 Å². The van der Waals surface area contributed by atoms with Gasteiger partial charge in [-0.15, -0.1) is 0 Å². The Morgan fingerprint density at radius 3 is 2.85 bits per heavy atom. The zero-order valence-electron chi connectivity index (χ0n) is 14.5. The third-order valence-corrected chi connectivity index (χ3v) is 4.26. The lowest BCUT2D eigenvalue weighted by Crippen LogP contribution is -2.23. The van der Waals surface area contributed by atoms with E-state index in [1.165, 1.54) is 18.3 Å². The van der Waals surface area contributed by atoms with Crippen molar-refractivity contribution in [2.75, 3.05) is 13.2 Å². The minimum atomic E-state index is -0.374. The van der Waals surface area contributed by atoms with Crippen LogP contribution >= 0.6 is 0 Å². The molecule has 4 rings (SSSR count). The van der Waals surface area contributed by atoms with E-state index in [-0.39, 0.29) is 11.7 Å². The van der Waals surface area contributed by atoms with Gasteiger partial charge in [-0.05, 0) is 29.8 Å². The van der Waals surface area contributed by atoms with E-state index in [0.29, 0.717) is 48.1 Å². The Bertz CT molecular complexity index is 971. The number of halogens is 1. The number of amides is 1. The Morgan fingerprint density at radius 1 is 1.15 bits per heavy atom. The molecular formula is C20H18FN3O3. The van der Waals surface area contributed by atoms with Gasteiger partial charge in [0.15, 0.2) is 11.5 Å². The fourth-order valence-corrected chi connectivity index (χ4v) is 2.92. The summed E-state index contributed by atoms with van der Waals surface area (Å²) in [6.07, 6.45) is 2.27. The van der Waals surface area contributed by atoms with E-state index in [2.05, 4.69) is 15.5 Å². The second-order valence-corrected chi connectivity index (χ2v) is 6.18. The Kier molecular flexibility index (Phi) is 4.74. The van der Waals surface area contributed by atoms with Crippen molar-refractivity contribution in [3.63, 3.8) is 0 Å². The number of fused-ring (bicyclic) bond motifs is 1. The number of H-pyrrole nitrogens is 1. The molecule has 27 heavy (non-hydrogen) atoms. The molecule has 1 aliphatic rings. The molecule has 6 nitrogen and oxygen atoms in total. The van der Waals surface area contributed by atoms with Crippen LogP contribution in [0.5, 0.6) is 11.5 Å². The zero-order valence-corrected chi connectivity index (χ0v) is 14.5. The average molecular weight is 367 g/mol. The van der Waals surface area contributed by atoms with E-state index in [9.17, 15) is 9.18 Å². The van der Waals surface area contributed by atoms with Gasteiger partial charge < -0.3 is 14.8 Å². The number of hydrogen-bond acceptors (Lipinski definition) is 4. The molecule has 0 saturated carbocycles. The first-order chi connectivity index (χ1) is 13.2. The van der Waals surface area contributed by atoms with E-state index >= 15 is 0 Å². The summed E-state index contributed by atoms with van der Waals surface area (Å²) in [4.78, 5) is 12.6. The smallest absolute Gasteiger partial charge is 0.255 e. The van der Waals surface area contributed by atoms with Crippen molar-refractivity contribution in [1.82, 2.24) is 15.5 Å². The van der Waals surface area contributed by atoms with Crippen LogP contribution in [0.3, 0.4) is 0 Å². The van der Waals surface area contributed by atoms with Gasteiger partial charge in [0.25, 0.3) is 5.91 Å². The number of aromatic nitrogens is 2. The number of benzene rings is 2. The van der Waals surface area contributed by atoms with Crippen molar-refractivity contribution in [1.29, 1.82) is 0 Å². The summed E-state index contributed by atoms with van der Waals surface area (Å²) in [5, 5.41) is 9.55. The lowest BCUT2D eigenvalue weighted by Gasteiger charge is -2.10. The minimum absolute atomic E-state index is 0.296. The molecule has 2 heterocycles. The molecule has 1 aromatic heterocycles. The number of aromatic amines is 1. The molecule has 2 aromatic carbocycles. The van der Waals surface area contributed by atoms with Crippen LogP contribution in [0, 0.1) is 5.82 Å². The molecule has 1 aliphatic heterocycles. The Balaban J connectivity index is 1.48. The monoisotopic (exact) mass is 367 g/mol. The van der Waals surface area contributed by atoms with Gasteiger partial charge >= 0.3 is 0 Å². The van der Waals surface area contributed by atoms with Gasteiger partial charge in [0, 0.05) is 18.5 Å². The van der Waals surface area contributed by atoms with Crippen molar-refractivity contribution in [3.05, 3.63) is 65.6 Å². The number of nitrogens with zero attached hydrogens (tertiary/aromatic N) is 1. The SMILES string of the molecule is O=C(NCc1ccc2c(c1)OCCCO2)c1cn[nH]c1-c1cccc(F)c1. The second-order valence-electron chi connectivity index (χ2n) is 6.18. The third-order valence-electron chi connectivity index (χ3n) is 4.26. The van der Waals surface area contributed by atoms with E-state index in [1.807, 2.05) is 18.2 Å². The third kappa shape index (κ3) is 3.76. The van der Waals surface area contributed by atoms with Gasteiger partial charge in [-0.3, -0.25) is 9.89 Å². The van der Waals surface area contributed by atoms with Gasteiger partial charge in [-0.25, -0.2) is 4.39 Å². The summed E-state index contributed by atoms with van der Waals surface area (Å²) in [6, 6.07) is 11.6. The first-order valence-corrected chi connectivity index (χ1v) is 8.67. The van der Waals surface area contributed by atoms with E-state index in [4.69, 9.17) is 9.47 Å². The van der Waals surface area contributed by atoms with Gasteiger partial charge in [0.1, 0.15) is 5.82 Å². The molecule has 0 saturated heterocycles. The Labute approximate surface area is 155 Å². The number of ether oxygens (including phenoxy) is 2. The van der Waals surface area contributed by atoms with Crippen LogP contribution in [-0.2, 0) is 6.54 Å². The van der Waals surface area contributed by atoms with E-state index in [0.717, 1.165) is 12.0 Å². The molecule has 2 N–H and O–H groups in total. The fourth-order valence-electron chi connectivity index (χ4n) is 2.92. The van der Waals surface area contributed by atoms with Crippen LogP contribution in [0.1, 0.15) is 22.3 Å². The number of carbonyl (C=O) groups is 1. The maximum Gasteiger partial charge on any atom is 0.255 e. The lowest BCUT2D eigenvalue weighted by molar-refractivity contribution is 0.0951. The molecule has 0 spiro atoms. The predicted molar refractivity (Wildman–Crippen MR) is 97.2 cm³/mol. The molecule has 0 fully saturated rings. The number of carbonyl (C=O) groups excluding carboxylic acids is 1. The predicted octanol–water partition coefficient (Wildman–Crippen LogP) is 3.31. The van der Waals surface area contributed by atoms with Gasteiger partial charge in [0.2, 0.25) is 0 Å². The van der Waals surface area contributed by atoms with Crippen LogP contribution in [0.15, 0.2) is 48.7 Å².